The number of hydrogen-bond acceptors (Lipinski definition) is 6. The van der Waals surface area contributed by atoms with E-state index in [-0.39, 0.29) is 11.4 Å². The molecule has 21 heavy (non-hydrogen) atoms. The van der Waals surface area contributed by atoms with Crippen LogP contribution in [0.1, 0.15) is 18.7 Å². The van der Waals surface area contributed by atoms with E-state index in [0.717, 1.165) is 6.20 Å². The minimum absolute atomic E-state index is 0.0819. The molecule has 1 aromatic rings. The topological polar surface area (TPSA) is 111 Å². The Labute approximate surface area is 118 Å². The fourth-order valence-electron chi connectivity index (χ4n) is 2.00. The van der Waals surface area contributed by atoms with Gasteiger partial charge in [-0.15, -0.1) is 5.92 Å². The van der Waals surface area contributed by atoms with E-state index in [4.69, 9.17) is 15.6 Å². The Bertz CT molecular complexity index is 665. The highest BCUT2D eigenvalue weighted by Crippen LogP contribution is 2.42. The van der Waals surface area contributed by atoms with Gasteiger partial charge in [0.25, 0.3) is 0 Å². The highest BCUT2D eigenvalue weighted by molar-refractivity contribution is 5.48. The first-order chi connectivity index (χ1) is 9.82. The fraction of sp³-hybridized carbons (Fsp3) is 0.500. The van der Waals surface area contributed by atoms with Crippen LogP contribution in [0, 0.1) is 11.8 Å². The molecule has 1 aromatic heterocycles. The molecule has 1 aliphatic rings. The Balaban J connectivity index is 2.53. The summed E-state index contributed by atoms with van der Waals surface area (Å²) in [7, 11) is 0. The van der Waals surface area contributed by atoms with Crippen molar-refractivity contribution in [3.8, 4) is 11.8 Å². The molecule has 1 fully saturated rings. The second kappa shape index (κ2) is 5.40. The number of nitrogen functional groups attached to an aromatic ring is 1. The van der Waals surface area contributed by atoms with Crippen molar-refractivity contribution >= 4 is 5.82 Å². The first-order valence-corrected chi connectivity index (χ1v) is 5.96. The number of halogens is 2. The molecular formula is C12H13F2N3O4. The van der Waals surface area contributed by atoms with Crippen LogP contribution >= 0.6 is 0 Å². The number of nitrogens with zero attached hydrogens (tertiary/aromatic N) is 2. The molecule has 3 unspecified atom stereocenters. The highest BCUT2D eigenvalue weighted by atomic mass is 19.3. The zero-order chi connectivity index (χ0) is 15.8. The van der Waals surface area contributed by atoms with Crippen molar-refractivity contribution in [3.05, 3.63) is 22.2 Å². The number of ether oxygens (including phenoxy) is 1. The fourth-order valence-corrected chi connectivity index (χ4v) is 2.00. The van der Waals surface area contributed by atoms with Gasteiger partial charge in [-0.05, 0) is 6.92 Å². The largest absolute Gasteiger partial charge is 0.394 e. The Morgan fingerprint density at radius 3 is 2.81 bits per heavy atom. The van der Waals surface area contributed by atoms with Crippen molar-refractivity contribution in [3.63, 3.8) is 0 Å². The molecule has 4 N–H and O–H groups in total. The summed E-state index contributed by atoms with van der Waals surface area (Å²) in [5.41, 5.74) is 4.50. The number of alkyl halides is 2. The van der Waals surface area contributed by atoms with Gasteiger partial charge in [-0.2, -0.15) is 13.8 Å². The number of aliphatic hydroxyl groups is 2. The van der Waals surface area contributed by atoms with E-state index in [1.54, 1.807) is 0 Å². The summed E-state index contributed by atoms with van der Waals surface area (Å²) in [5, 5.41) is 18.4. The molecule has 0 radical (unpaired) electrons. The van der Waals surface area contributed by atoms with Crippen molar-refractivity contribution in [1.82, 2.24) is 9.55 Å². The molecule has 7 nitrogen and oxygen atoms in total. The summed E-state index contributed by atoms with van der Waals surface area (Å²) in [5.74, 6) is 1.07. The molecule has 3 atom stereocenters. The van der Waals surface area contributed by atoms with E-state index < -0.39 is 36.7 Å². The molecule has 9 heteroatoms. The average molecular weight is 301 g/mol. The van der Waals surface area contributed by atoms with Gasteiger partial charge >= 0.3 is 11.6 Å². The molecule has 2 rings (SSSR count). The average Bonchev–Trinajstić information content (AvgIpc) is 2.65. The molecule has 0 amide bonds. The summed E-state index contributed by atoms with van der Waals surface area (Å²) in [6.07, 6.45) is -4.85. The Morgan fingerprint density at radius 2 is 2.29 bits per heavy atom. The maximum atomic E-state index is 14.0. The third kappa shape index (κ3) is 2.49. The van der Waals surface area contributed by atoms with Crippen molar-refractivity contribution in [2.24, 2.45) is 0 Å². The SMILES string of the molecule is CC#Cc1cn(C2OC(CO)C(O)C2(F)F)c(=O)nc1N. The predicted molar refractivity (Wildman–Crippen MR) is 67.4 cm³/mol. The van der Waals surface area contributed by atoms with Gasteiger partial charge in [-0.25, -0.2) is 4.79 Å². The van der Waals surface area contributed by atoms with Crippen LogP contribution in [0.4, 0.5) is 14.6 Å². The number of nitrogens with two attached hydrogens (primary N) is 1. The minimum atomic E-state index is -3.77. The van der Waals surface area contributed by atoms with E-state index >= 15 is 0 Å². The molecule has 1 aliphatic heterocycles. The van der Waals surface area contributed by atoms with Gasteiger partial charge in [-0.1, -0.05) is 5.92 Å². The van der Waals surface area contributed by atoms with Crippen LogP contribution in [-0.2, 0) is 4.74 Å². The van der Waals surface area contributed by atoms with E-state index in [9.17, 15) is 18.7 Å². The lowest BCUT2D eigenvalue weighted by molar-refractivity contribution is -0.141. The number of aliphatic hydroxyl groups excluding tert-OH is 2. The van der Waals surface area contributed by atoms with Crippen molar-refractivity contribution < 1.29 is 23.7 Å². The summed E-state index contributed by atoms with van der Waals surface area (Å²) in [4.78, 5) is 15.1. The minimum Gasteiger partial charge on any atom is -0.394 e. The Hall–Kier alpha value is -2.02. The van der Waals surface area contributed by atoms with Gasteiger partial charge < -0.3 is 20.7 Å². The van der Waals surface area contributed by atoms with Crippen LogP contribution in [0.2, 0.25) is 0 Å². The first kappa shape index (κ1) is 15.4. The molecule has 2 heterocycles. The van der Waals surface area contributed by atoms with Gasteiger partial charge in [0.15, 0.2) is 6.10 Å². The van der Waals surface area contributed by atoms with Gasteiger partial charge in [0.1, 0.15) is 11.9 Å². The van der Waals surface area contributed by atoms with Crippen molar-refractivity contribution in [1.29, 1.82) is 0 Å². The predicted octanol–water partition coefficient (Wildman–Crippen LogP) is -0.917. The van der Waals surface area contributed by atoms with Crippen LogP contribution in [0.5, 0.6) is 0 Å². The quantitative estimate of drug-likeness (QED) is 0.610. The van der Waals surface area contributed by atoms with Crippen molar-refractivity contribution in [2.75, 3.05) is 12.3 Å². The molecule has 0 aliphatic carbocycles. The molecular weight excluding hydrogens is 288 g/mol. The summed E-state index contributed by atoms with van der Waals surface area (Å²) in [6, 6.07) is 0. The van der Waals surface area contributed by atoms with Crippen LogP contribution in [0.25, 0.3) is 0 Å². The summed E-state index contributed by atoms with van der Waals surface area (Å²) >= 11 is 0. The summed E-state index contributed by atoms with van der Waals surface area (Å²) < 4.78 is 33.3. The van der Waals surface area contributed by atoms with E-state index in [2.05, 4.69) is 16.8 Å². The highest BCUT2D eigenvalue weighted by Gasteiger charge is 2.59. The Kier molecular flexibility index (Phi) is 3.95. The van der Waals surface area contributed by atoms with Gasteiger partial charge in [-0.3, -0.25) is 4.57 Å². The van der Waals surface area contributed by atoms with Gasteiger partial charge in [0.2, 0.25) is 6.23 Å². The molecule has 1 saturated heterocycles. The molecule has 114 valence electrons. The second-order valence-electron chi connectivity index (χ2n) is 4.43. The van der Waals surface area contributed by atoms with Crippen LogP contribution in [0.3, 0.4) is 0 Å². The van der Waals surface area contributed by atoms with Crippen molar-refractivity contribution in [2.45, 2.75) is 31.3 Å². The standard InChI is InChI=1S/C12H13F2N3O4/c1-2-3-6-4-17(11(20)16-9(6)15)10-12(13,14)8(19)7(5-18)21-10/h4,7-8,10,18-19H,5H2,1H3,(H2,15,16,20). The third-order valence-electron chi connectivity index (χ3n) is 3.05. The molecule has 0 bridgehead atoms. The van der Waals surface area contributed by atoms with E-state index in [1.807, 2.05) is 0 Å². The number of rotatable bonds is 2. The second-order valence-corrected chi connectivity index (χ2v) is 4.43. The maximum Gasteiger partial charge on any atom is 0.351 e. The van der Waals surface area contributed by atoms with E-state index in [1.165, 1.54) is 6.92 Å². The number of hydrogen-bond donors (Lipinski definition) is 3. The lowest BCUT2D eigenvalue weighted by Crippen LogP contribution is -2.42. The molecule has 0 saturated carbocycles. The third-order valence-corrected chi connectivity index (χ3v) is 3.05. The normalized spacial score (nSPS) is 27.2. The zero-order valence-corrected chi connectivity index (χ0v) is 11.0. The lowest BCUT2D eigenvalue weighted by atomic mass is 10.1. The summed E-state index contributed by atoms with van der Waals surface area (Å²) in [6.45, 7) is 0.688. The monoisotopic (exact) mass is 301 g/mol. The Morgan fingerprint density at radius 1 is 1.62 bits per heavy atom. The van der Waals surface area contributed by atoms with Crippen LogP contribution in [-0.4, -0.2) is 44.5 Å². The number of anilines is 1. The maximum absolute atomic E-state index is 14.0. The lowest BCUT2D eigenvalue weighted by Gasteiger charge is -2.21. The molecule has 0 aromatic carbocycles. The van der Waals surface area contributed by atoms with Gasteiger partial charge in [0, 0.05) is 6.20 Å². The zero-order valence-electron chi connectivity index (χ0n) is 11.0. The smallest absolute Gasteiger partial charge is 0.351 e. The first-order valence-electron chi connectivity index (χ1n) is 5.96. The van der Waals surface area contributed by atoms with Crippen LogP contribution in [0.15, 0.2) is 11.0 Å². The number of aromatic nitrogens is 2. The van der Waals surface area contributed by atoms with E-state index in [0.29, 0.717) is 4.57 Å². The van der Waals surface area contributed by atoms with Gasteiger partial charge in [0.05, 0.1) is 12.2 Å². The van der Waals surface area contributed by atoms with Crippen LogP contribution < -0.4 is 11.4 Å². The molecule has 0 spiro atoms.